The second-order valence-electron chi connectivity index (χ2n) is 3.74. The topological polar surface area (TPSA) is 48.1 Å². The molecule has 0 amide bonds. The second kappa shape index (κ2) is 5.25. The molecule has 0 spiro atoms. The Balaban J connectivity index is 2.16. The lowest BCUT2D eigenvalue weighted by atomic mass is 10.1. The molecule has 2 N–H and O–H groups in total. The third-order valence-electron chi connectivity index (χ3n) is 2.33. The molecule has 0 aliphatic heterocycles. The van der Waals surface area contributed by atoms with E-state index < -0.39 is 0 Å². The number of benzene rings is 1. The molecule has 17 heavy (non-hydrogen) atoms. The van der Waals surface area contributed by atoms with Crippen molar-refractivity contribution in [1.82, 2.24) is 4.98 Å². The van der Waals surface area contributed by atoms with Gasteiger partial charge in [0.1, 0.15) is 18.2 Å². The van der Waals surface area contributed by atoms with Crippen LogP contribution in [0.1, 0.15) is 24.2 Å². The Bertz CT molecular complexity index is 485. The molecule has 3 nitrogen and oxygen atoms in total. The smallest absolute Gasteiger partial charge is 0.131 e. The van der Waals surface area contributed by atoms with Crippen LogP contribution in [0.25, 0.3) is 0 Å². The highest BCUT2D eigenvalue weighted by molar-refractivity contribution is 7.07. The number of hydrogen-bond acceptors (Lipinski definition) is 4. The molecule has 0 saturated heterocycles. The first-order valence-electron chi connectivity index (χ1n) is 5.21. The molecule has 2 aromatic rings. The van der Waals surface area contributed by atoms with Crippen LogP contribution in [0.5, 0.6) is 5.75 Å². The summed E-state index contributed by atoms with van der Waals surface area (Å²) in [6.45, 7) is 2.16. The van der Waals surface area contributed by atoms with E-state index in [1.165, 1.54) is 23.5 Å². The van der Waals surface area contributed by atoms with Gasteiger partial charge < -0.3 is 10.5 Å². The van der Waals surface area contributed by atoms with Gasteiger partial charge in [-0.05, 0) is 13.0 Å². The second-order valence-corrected chi connectivity index (χ2v) is 4.46. The van der Waals surface area contributed by atoms with Crippen molar-refractivity contribution < 1.29 is 9.13 Å². The first-order valence-corrected chi connectivity index (χ1v) is 6.16. The Morgan fingerprint density at radius 2 is 2.35 bits per heavy atom. The standard InChI is InChI=1S/C12H13FN2OS/c1-8(14)11-3-2-9(13)4-12(11)16-5-10-6-17-7-15-10/h2-4,6-8H,5,14H2,1H3/t8-/m1/s1. The largest absolute Gasteiger partial charge is 0.487 e. The highest BCUT2D eigenvalue weighted by Gasteiger charge is 2.10. The van der Waals surface area contributed by atoms with Crippen molar-refractivity contribution >= 4 is 11.3 Å². The molecule has 5 heteroatoms. The molecule has 2 rings (SSSR count). The predicted molar refractivity (Wildman–Crippen MR) is 65.4 cm³/mol. The van der Waals surface area contributed by atoms with Crippen molar-refractivity contribution in [2.75, 3.05) is 0 Å². The van der Waals surface area contributed by atoms with Gasteiger partial charge in [0.05, 0.1) is 11.2 Å². The van der Waals surface area contributed by atoms with E-state index in [-0.39, 0.29) is 11.9 Å². The number of halogens is 1. The third-order valence-corrected chi connectivity index (χ3v) is 2.96. The van der Waals surface area contributed by atoms with Crippen LogP contribution in [-0.2, 0) is 6.61 Å². The Hall–Kier alpha value is -1.46. The fourth-order valence-electron chi connectivity index (χ4n) is 1.47. The highest BCUT2D eigenvalue weighted by Crippen LogP contribution is 2.25. The number of rotatable bonds is 4. The molecule has 0 bridgehead atoms. The summed E-state index contributed by atoms with van der Waals surface area (Å²) in [5, 5.41) is 1.89. The average molecular weight is 252 g/mol. The van der Waals surface area contributed by atoms with Gasteiger partial charge in [0, 0.05) is 23.1 Å². The maximum absolute atomic E-state index is 13.1. The minimum absolute atomic E-state index is 0.193. The summed E-state index contributed by atoms with van der Waals surface area (Å²) in [7, 11) is 0. The van der Waals surface area contributed by atoms with Gasteiger partial charge in [-0.2, -0.15) is 0 Å². The fourth-order valence-corrected chi connectivity index (χ4v) is 2.01. The Labute approximate surface area is 103 Å². The van der Waals surface area contributed by atoms with Crippen molar-refractivity contribution in [3.05, 3.63) is 46.2 Å². The van der Waals surface area contributed by atoms with E-state index in [1.807, 2.05) is 12.3 Å². The van der Waals surface area contributed by atoms with Crippen molar-refractivity contribution in [2.45, 2.75) is 19.6 Å². The SMILES string of the molecule is C[C@@H](N)c1ccc(F)cc1OCc1cscn1. The van der Waals surface area contributed by atoms with E-state index in [2.05, 4.69) is 4.98 Å². The summed E-state index contributed by atoms with van der Waals surface area (Å²) in [4.78, 5) is 4.10. The molecule has 0 unspecified atom stereocenters. The molecule has 1 aromatic heterocycles. The predicted octanol–water partition coefficient (Wildman–Crippen LogP) is 2.88. The van der Waals surface area contributed by atoms with Crippen LogP contribution in [0.4, 0.5) is 4.39 Å². The lowest BCUT2D eigenvalue weighted by Crippen LogP contribution is -2.08. The lowest BCUT2D eigenvalue weighted by Gasteiger charge is -2.13. The molecule has 1 atom stereocenters. The van der Waals surface area contributed by atoms with Gasteiger partial charge in [-0.15, -0.1) is 11.3 Å². The Kier molecular flexibility index (Phi) is 3.71. The zero-order chi connectivity index (χ0) is 12.3. The molecule has 1 heterocycles. The van der Waals surface area contributed by atoms with Crippen LogP contribution < -0.4 is 10.5 Å². The molecular formula is C12H13FN2OS. The Morgan fingerprint density at radius 3 is 3.00 bits per heavy atom. The summed E-state index contributed by atoms with van der Waals surface area (Å²) in [5.41, 5.74) is 9.15. The Morgan fingerprint density at radius 1 is 1.53 bits per heavy atom. The summed E-state index contributed by atoms with van der Waals surface area (Å²) in [6.07, 6.45) is 0. The van der Waals surface area contributed by atoms with Crippen molar-refractivity contribution in [3.63, 3.8) is 0 Å². The minimum atomic E-state index is -0.331. The molecule has 0 saturated carbocycles. The van der Waals surface area contributed by atoms with E-state index >= 15 is 0 Å². The number of thiazole rings is 1. The molecule has 90 valence electrons. The van der Waals surface area contributed by atoms with Crippen molar-refractivity contribution in [2.24, 2.45) is 5.73 Å². The maximum atomic E-state index is 13.1. The molecule has 1 aromatic carbocycles. The van der Waals surface area contributed by atoms with E-state index in [0.29, 0.717) is 12.4 Å². The van der Waals surface area contributed by atoms with Gasteiger partial charge in [0.15, 0.2) is 0 Å². The van der Waals surface area contributed by atoms with E-state index in [1.54, 1.807) is 11.6 Å². The van der Waals surface area contributed by atoms with Gasteiger partial charge in [-0.25, -0.2) is 9.37 Å². The fraction of sp³-hybridized carbons (Fsp3) is 0.250. The monoisotopic (exact) mass is 252 g/mol. The third kappa shape index (κ3) is 3.01. The van der Waals surface area contributed by atoms with Crippen LogP contribution in [0.3, 0.4) is 0 Å². The summed E-state index contributed by atoms with van der Waals surface area (Å²) in [5.74, 6) is 0.149. The maximum Gasteiger partial charge on any atom is 0.131 e. The average Bonchev–Trinajstić information content (AvgIpc) is 2.78. The molecule has 0 radical (unpaired) electrons. The van der Waals surface area contributed by atoms with Gasteiger partial charge in [0.25, 0.3) is 0 Å². The summed E-state index contributed by atoms with van der Waals surface area (Å²) in [6, 6.07) is 4.19. The molecular weight excluding hydrogens is 239 g/mol. The zero-order valence-corrected chi connectivity index (χ0v) is 10.2. The zero-order valence-electron chi connectivity index (χ0n) is 9.39. The first-order chi connectivity index (χ1) is 8.16. The van der Waals surface area contributed by atoms with E-state index in [0.717, 1.165) is 11.3 Å². The van der Waals surface area contributed by atoms with Crippen LogP contribution in [0, 0.1) is 5.82 Å². The number of hydrogen-bond donors (Lipinski definition) is 1. The number of nitrogens with two attached hydrogens (primary N) is 1. The van der Waals surface area contributed by atoms with E-state index in [9.17, 15) is 4.39 Å². The molecule has 0 aliphatic rings. The van der Waals surface area contributed by atoms with Crippen molar-refractivity contribution in [1.29, 1.82) is 0 Å². The normalized spacial score (nSPS) is 12.4. The van der Waals surface area contributed by atoms with Gasteiger partial charge >= 0.3 is 0 Å². The van der Waals surface area contributed by atoms with Crippen LogP contribution >= 0.6 is 11.3 Å². The van der Waals surface area contributed by atoms with Gasteiger partial charge in [-0.3, -0.25) is 0 Å². The van der Waals surface area contributed by atoms with Crippen LogP contribution in [0.15, 0.2) is 29.1 Å². The summed E-state index contributed by atoms with van der Waals surface area (Å²) >= 11 is 1.50. The van der Waals surface area contributed by atoms with E-state index in [4.69, 9.17) is 10.5 Å². The molecule has 0 aliphatic carbocycles. The summed E-state index contributed by atoms with van der Waals surface area (Å²) < 4.78 is 18.7. The number of ether oxygens (including phenoxy) is 1. The van der Waals surface area contributed by atoms with Crippen LogP contribution in [-0.4, -0.2) is 4.98 Å². The van der Waals surface area contributed by atoms with Crippen LogP contribution in [0.2, 0.25) is 0 Å². The van der Waals surface area contributed by atoms with Crippen molar-refractivity contribution in [3.8, 4) is 5.75 Å². The molecule has 0 fully saturated rings. The van der Waals surface area contributed by atoms with Gasteiger partial charge in [0.2, 0.25) is 0 Å². The first kappa shape index (κ1) is 12.0. The number of nitrogens with zero attached hydrogens (tertiary/aromatic N) is 1. The lowest BCUT2D eigenvalue weighted by molar-refractivity contribution is 0.296. The quantitative estimate of drug-likeness (QED) is 0.910. The number of aromatic nitrogens is 1. The van der Waals surface area contributed by atoms with Gasteiger partial charge in [-0.1, -0.05) is 6.07 Å². The minimum Gasteiger partial charge on any atom is -0.487 e. The highest BCUT2D eigenvalue weighted by atomic mass is 32.1.